The van der Waals surface area contributed by atoms with Crippen molar-refractivity contribution in [3.05, 3.63) is 0 Å². The van der Waals surface area contributed by atoms with E-state index < -0.39 is 5.51 Å². The zero-order valence-electron chi connectivity index (χ0n) is 9.64. The summed E-state index contributed by atoms with van der Waals surface area (Å²) in [5.41, 5.74) is -4.21. The van der Waals surface area contributed by atoms with Crippen LogP contribution in [0.3, 0.4) is 0 Å². The van der Waals surface area contributed by atoms with E-state index in [-0.39, 0.29) is 35.9 Å². The van der Waals surface area contributed by atoms with Crippen LogP contribution in [0.1, 0.15) is 19.8 Å². The number of thioether (sulfide) groups is 1. The number of hydrogen-bond donors (Lipinski definition) is 2. The molecule has 100 valence electrons. The van der Waals surface area contributed by atoms with Crippen molar-refractivity contribution in [2.45, 2.75) is 31.3 Å². The van der Waals surface area contributed by atoms with Crippen LogP contribution in [0.2, 0.25) is 0 Å². The van der Waals surface area contributed by atoms with E-state index in [1.165, 1.54) is 0 Å². The Morgan fingerprint density at radius 2 is 2.24 bits per heavy atom. The summed E-state index contributed by atoms with van der Waals surface area (Å²) >= 11 is -0.104. The highest BCUT2D eigenvalue weighted by Crippen LogP contribution is 2.29. The van der Waals surface area contributed by atoms with Gasteiger partial charge in [0.1, 0.15) is 0 Å². The molecular weight excluding hydrogens is 253 g/mol. The van der Waals surface area contributed by atoms with E-state index in [2.05, 4.69) is 10.6 Å². The van der Waals surface area contributed by atoms with Crippen LogP contribution in [0.15, 0.2) is 0 Å². The summed E-state index contributed by atoms with van der Waals surface area (Å²) in [7, 11) is 0. The van der Waals surface area contributed by atoms with Gasteiger partial charge in [0, 0.05) is 24.3 Å². The van der Waals surface area contributed by atoms with Crippen LogP contribution in [0, 0.1) is 5.92 Å². The Bertz CT molecular complexity index is 260. The predicted octanol–water partition coefficient (Wildman–Crippen LogP) is 1.74. The van der Waals surface area contributed by atoms with Crippen molar-refractivity contribution >= 4 is 17.7 Å². The van der Waals surface area contributed by atoms with Crippen LogP contribution in [0.25, 0.3) is 0 Å². The molecule has 1 fully saturated rings. The van der Waals surface area contributed by atoms with Gasteiger partial charge >= 0.3 is 5.51 Å². The van der Waals surface area contributed by atoms with Gasteiger partial charge in [-0.25, -0.2) is 0 Å². The molecule has 0 spiro atoms. The number of carbonyl (C=O) groups excluding carboxylic acids is 1. The molecule has 0 unspecified atom stereocenters. The van der Waals surface area contributed by atoms with Crippen molar-refractivity contribution in [3.8, 4) is 0 Å². The number of amides is 1. The van der Waals surface area contributed by atoms with E-state index in [0.717, 1.165) is 19.4 Å². The molecule has 1 rings (SSSR count). The average molecular weight is 270 g/mol. The Kier molecular flexibility index (Phi) is 5.58. The molecule has 1 amide bonds. The van der Waals surface area contributed by atoms with E-state index in [9.17, 15) is 18.0 Å². The Morgan fingerprint density at radius 3 is 2.82 bits per heavy atom. The minimum atomic E-state index is -4.21. The molecule has 17 heavy (non-hydrogen) atoms. The molecule has 2 N–H and O–H groups in total. The summed E-state index contributed by atoms with van der Waals surface area (Å²) in [5.74, 6) is -0.321. The molecule has 1 aliphatic heterocycles. The summed E-state index contributed by atoms with van der Waals surface area (Å²) in [6.45, 7) is 2.86. The van der Waals surface area contributed by atoms with Crippen molar-refractivity contribution in [3.63, 3.8) is 0 Å². The van der Waals surface area contributed by atoms with Crippen molar-refractivity contribution < 1.29 is 18.0 Å². The van der Waals surface area contributed by atoms with Crippen LogP contribution < -0.4 is 10.6 Å². The van der Waals surface area contributed by atoms with Crippen LogP contribution >= 0.6 is 11.8 Å². The third kappa shape index (κ3) is 6.16. The van der Waals surface area contributed by atoms with Gasteiger partial charge in [0.15, 0.2) is 0 Å². The minimum absolute atomic E-state index is 0.0675. The third-order valence-corrected chi connectivity index (χ3v) is 3.40. The number of piperidine rings is 1. The molecule has 2 atom stereocenters. The van der Waals surface area contributed by atoms with Crippen molar-refractivity contribution in [1.29, 1.82) is 0 Å². The molecule has 1 heterocycles. The molecule has 0 aromatic heterocycles. The molecule has 0 bridgehead atoms. The zero-order valence-corrected chi connectivity index (χ0v) is 10.5. The molecule has 1 saturated heterocycles. The lowest BCUT2D eigenvalue weighted by atomic mass is 9.92. The first-order chi connectivity index (χ1) is 7.88. The topological polar surface area (TPSA) is 41.1 Å². The fourth-order valence-electron chi connectivity index (χ4n) is 1.86. The quantitative estimate of drug-likeness (QED) is 0.765. The number of halogens is 3. The van der Waals surface area contributed by atoms with E-state index in [4.69, 9.17) is 0 Å². The summed E-state index contributed by atoms with van der Waals surface area (Å²) in [6.07, 6.45) is 1.50. The molecule has 0 aromatic rings. The first kappa shape index (κ1) is 14.6. The normalized spacial score (nSPS) is 25.6. The van der Waals surface area contributed by atoms with Crippen LogP contribution in [0.5, 0.6) is 0 Å². The third-order valence-electron chi connectivity index (χ3n) is 2.66. The molecular formula is C10H17F3N2OS. The zero-order chi connectivity index (χ0) is 12.9. The van der Waals surface area contributed by atoms with Crippen molar-refractivity contribution in [1.82, 2.24) is 10.6 Å². The van der Waals surface area contributed by atoms with Crippen molar-refractivity contribution in [2.24, 2.45) is 5.92 Å². The number of nitrogens with one attached hydrogen (secondary N) is 2. The second-order valence-electron chi connectivity index (χ2n) is 4.16. The van der Waals surface area contributed by atoms with Gasteiger partial charge in [0.2, 0.25) is 5.91 Å². The van der Waals surface area contributed by atoms with E-state index >= 15 is 0 Å². The SMILES string of the molecule is C[C@H]1C[C@@H](C(=O)NCCSC(F)(F)F)CCN1. The maximum atomic E-state index is 11.8. The Morgan fingerprint density at radius 1 is 1.53 bits per heavy atom. The smallest absolute Gasteiger partial charge is 0.355 e. The molecule has 0 radical (unpaired) electrons. The highest BCUT2D eigenvalue weighted by atomic mass is 32.2. The second-order valence-corrected chi connectivity index (χ2v) is 5.32. The lowest BCUT2D eigenvalue weighted by Gasteiger charge is -2.27. The summed E-state index contributed by atoms with van der Waals surface area (Å²) in [6, 6.07) is 0.295. The monoisotopic (exact) mass is 270 g/mol. The standard InChI is InChI=1S/C10H17F3N2OS/c1-7-6-8(2-3-14-7)9(16)15-4-5-17-10(11,12)13/h7-8,14H,2-6H2,1H3,(H,15,16)/t7-,8-/m0/s1. The van der Waals surface area contributed by atoms with E-state index in [1.54, 1.807) is 0 Å². The molecule has 3 nitrogen and oxygen atoms in total. The first-order valence-corrected chi connectivity index (χ1v) is 6.59. The number of alkyl halides is 3. The van der Waals surface area contributed by atoms with Crippen LogP contribution in [0.4, 0.5) is 13.2 Å². The first-order valence-electron chi connectivity index (χ1n) is 5.60. The lowest BCUT2D eigenvalue weighted by molar-refractivity contribution is -0.125. The molecule has 0 aliphatic carbocycles. The maximum absolute atomic E-state index is 11.8. The summed E-state index contributed by atoms with van der Waals surface area (Å²) in [5, 5.41) is 5.78. The van der Waals surface area contributed by atoms with Gasteiger partial charge in [0.25, 0.3) is 0 Å². The molecule has 1 aliphatic rings. The van der Waals surface area contributed by atoms with E-state index in [1.807, 2.05) is 6.92 Å². The van der Waals surface area contributed by atoms with Crippen LogP contribution in [-0.4, -0.2) is 36.3 Å². The molecule has 0 aromatic carbocycles. The van der Waals surface area contributed by atoms with Gasteiger partial charge < -0.3 is 10.6 Å². The maximum Gasteiger partial charge on any atom is 0.441 e. The minimum Gasteiger partial charge on any atom is -0.355 e. The number of hydrogen-bond acceptors (Lipinski definition) is 3. The Labute approximate surface area is 103 Å². The summed E-state index contributed by atoms with van der Waals surface area (Å²) < 4.78 is 35.5. The van der Waals surface area contributed by atoms with Gasteiger partial charge in [0.05, 0.1) is 0 Å². The van der Waals surface area contributed by atoms with Gasteiger partial charge in [-0.05, 0) is 38.1 Å². The van der Waals surface area contributed by atoms with Gasteiger partial charge in [-0.2, -0.15) is 13.2 Å². The van der Waals surface area contributed by atoms with Crippen LogP contribution in [-0.2, 0) is 4.79 Å². The number of carbonyl (C=O) groups is 1. The average Bonchev–Trinajstić information content (AvgIpc) is 2.23. The van der Waals surface area contributed by atoms with Crippen molar-refractivity contribution in [2.75, 3.05) is 18.8 Å². The predicted molar refractivity (Wildman–Crippen MR) is 61.7 cm³/mol. The second kappa shape index (κ2) is 6.49. The highest BCUT2D eigenvalue weighted by Gasteiger charge is 2.28. The summed E-state index contributed by atoms with van der Waals surface area (Å²) in [4.78, 5) is 11.6. The fourth-order valence-corrected chi connectivity index (χ4v) is 2.29. The van der Waals surface area contributed by atoms with Gasteiger partial charge in [-0.1, -0.05) is 0 Å². The fraction of sp³-hybridized carbons (Fsp3) is 0.900. The highest BCUT2D eigenvalue weighted by molar-refractivity contribution is 8.00. The Balaban J connectivity index is 2.16. The van der Waals surface area contributed by atoms with Gasteiger partial charge in [-0.15, -0.1) is 0 Å². The number of rotatable bonds is 4. The van der Waals surface area contributed by atoms with E-state index in [0.29, 0.717) is 6.04 Å². The molecule has 7 heteroatoms. The lowest BCUT2D eigenvalue weighted by Crippen LogP contribution is -2.42. The Hall–Kier alpha value is -0.430. The van der Waals surface area contributed by atoms with Gasteiger partial charge in [-0.3, -0.25) is 4.79 Å². The largest absolute Gasteiger partial charge is 0.441 e. The molecule has 0 saturated carbocycles.